The average molecular weight is 594 g/mol. The van der Waals surface area contributed by atoms with Gasteiger partial charge >= 0.3 is 0 Å². The summed E-state index contributed by atoms with van der Waals surface area (Å²) in [6.45, 7) is 23.4. The third-order valence-corrected chi connectivity index (χ3v) is 16.1. The maximum Gasteiger partial charge on any atom is 0.168 e. The Morgan fingerprint density at radius 2 is 0.674 bits per heavy atom. The van der Waals surface area contributed by atoms with Gasteiger partial charge in [0.25, 0.3) is 0 Å². The molecular formula is C39H55N3Si. The molecule has 0 saturated carbocycles. The molecule has 4 heteroatoms. The standard InChI is InChI=1S/C39H55N3Si/c1-23-17-26(4)36(33(20-23)40(11)12)43(39-31(9)29(7)30(8)32(39)10,37-27(5)18-24(2)21-34(37)41(13)14)38-28(6)19-25(3)22-35(38)42(15)16/h17-22,39H,1-16H3. The van der Waals surface area contributed by atoms with Crippen LogP contribution in [0, 0.1) is 41.5 Å². The predicted molar refractivity (Wildman–Crippen MR) is 196 cm³/mol. The molecule has 0 N–H and O–H groups in total. The van der Waals surface area contributed by atoms with Crippen molar-refractivity contribution < 1.29 is 0 Å². The maximum absolute atomic E-state index is 2.97. The fraction of sp³-hybridized carbons (Fsp3) is 0.436. The van der Waals surface area contributed by atoms with Crippen molar-refractivity contribution in [3.8, 4) is 0 Å². The van der Waals surface area contributed by atoms with Gasteiger partial charge in [0.2, 0.25) is 0 Å². The lowest BCUT2D eigenvalue weighted by Gasteiger charge is -2.47. The summed E-state index contributed by atoms with van der Waals surface area (Å²) in [5.74, 6) is 0. The van der Waals surface area contributed by atoms with E-state index in [1.807, 2.05) is 0 Å². The van der Waals surface area contributed by atoms with Crippen LogP contribution in [0.3, 0.4) is 0 Å². The Labute approximate surface area is 263 Å². The van der Waals surface area contributed by atoms with E-state index in [0.29, 0.717) is 0 Å². The summed E-state index contributed by atoms with van der Waals surface area (Å²) < 4.78 is 0. The number of hydrogen-bond donors (Lipinski definition) is 0. The van der Waals surface area contributed by atoms with Crippen LogP contribution in [0.5, 0.6) is 0 Å². The lowest BCUT2D eigenvalue weighted by molar-refractivity contribution is 1.07. The number of hydrogen-bond acceptors (Lipinski definition) is 3. The molecule has 3 nitrogen and oxygen atoms in total. The summed E-state index contributed by atoms with van der Waals surface area (Å²) in [5.41, 5.74) is 18.4. The minimum absolute atomic E-state index is 0.285. The van der Waals surface area contributed by atoms with Crippen molar-refractivity contribution in [2.75, 3.05) is 57.0 Å². The fourth-order valence-corrected chi connectivity index (χ4v) is 15.8. The smallest absolute Gasteiger partial charge is 0.168 e. The van der Waals surface area contributed by atoms with Crippen molar-refractivity contribution >= 4 is 40.7 Å². The first-order valence-electron chi connectivity index (χ1n) is 15.7. The van der Waals surface area contributed by atoms with Gasteiger partial charge in [-0.1, -0.05) is 29.3 Å². The van der Waals surface area contributed by atoms with Crippen LogP contribution in [0.25, 0.3) is 0 Å². The van der Waals surface area contributed by atoms with Crippen molar-refractivity contribution in [3.05, 3.63) is 92.1 Å². The normalized spacial score (nSPS) is 14.2. The Balaban J connectivity index is 2.54. The molecule has 0 saturated heterocycles. The van der Waals surface area contributed by atoms with Crippen LogP contribution in [-0.2, 0) is 0 Å². The Kier molecular flexibility index (Phi) is 8.88. The fourth-order valence-electron chi connectivity index (χ4n) is 8.24. The van der Waals surface area contributed by atoms with Crippen LogP contribution in [0.4, 0.5) is 17.1 Å². The summed E-state index contributed by atoms with van der Waals surface area (Å²) in [7, 11) is 10.4. The van der Waals surface area contributed by atoms with E-state index < -0.39 is 8.07 Å². The van der Waals surface area contributed by atoms with Crippen molar-refractivity contribution in [2.45, 2.75) is 74.8 Å². The van der Waals surface area contributed by atoms with Crippen LogP contribution < -0.4 is 30.3 Å². The van der Waals surface area contributed by atoms with E-state index in [0.717, 1.165) is 0 Å². The molecule has 0 radical (unpaired) electrons. The van der Waals surface area contributed by atoms with Gasteiger partial charge in [0.15, 0.2) is 8.07 Å². The predicted octanol–water partition coefficient (Wildman–Crippen LogP) is 7.26. The Bertz CT molecular complexity index is 1470. The summed E-state index contributed by atoms with van der Waals surface area (Å²) in [6, 6.07) is 14.6. The number of aryl methyl sites for hydroxylation is 6. The molecule has 230 valence electrons. The van der Waals surface area contributed by atoms with E-state index in [1.54, 1.807) is 15.6 Å². The molecule has 1 aliphatic carbocycles. The molecule has 0 bridgehead atoms. The number of allylic oxidation sites excluding steroid dienone is 4. The molecule has 0 aliphatic heterocycles. The highest BCUT2D eigenvalue weighted by molar-refractivity contribution is 7.15. The second-order valence-electron chi connectivity index (χ2n) is 14.0. The zero-order chi connectivity index (χ0) is 32.3. The number of nitrogens with zero attached hydrogens (tertiary/aromatic N) is 3. The van der Waals surface area contributed by atoms with Crippen LogP contribution >= 0.6 is 0 Å². The van der Waals surface area contributed by atoms with Gasteiger partial charge in [0.05, 0.1) is 0 Å². The van der Waals surface area contributed by atoms with E-state index in [-0.39, 0.29) is 5.54 Å². The van der Waals surface area contributed by atoms with Crippen LogP contribution in [0.2, 0.25) is 5.54 Å². The largest absolute Gasteiger partial charge is 0.378 e. The molecule has 0 atom stereocenters. The van der Waals surface area contributed by atoms with E-state index in [1.165, 1.54) is 72.7 Å². The molecule has 0 heterocycles. The Morgan fingerprint density at radius 3 is 0.907 bits per heavy atom. The highest BCUT2D eigenvalue weighted by Gasteiger charge is 2.55. The lowest BCUT2D eigenvalue weighted by Crippen LogP contribution is -2.73. The molecule has 0 fully saturated rings. The SMILES string of the molecule is CC1=C(C)C([Si](c2c(C)cc(C)cc2N(C)C)(c2c(C)cc(C)cc2N(C)C)c2c(C)cc(C)cc2N(C)C)C(C)=C1C. The first-order valence-corrected chi connectivity index (χ1v) is 17.8. The van der Waals surface area contributed by atoms with Crippen molar-refractivity contribution in [2.24, 2.45) is 0 Å². The van der Waals surface area contributed by atoms with Gasteiger partial charge in [-0.05, 0) is 148 Å². The highest BCUT2D eigenvalue weighted by atomic mass is 28.3. The van der Waals surface area contributed by atoms with Crippen molar-refractivity contribution in [3.63, 3.8) is 0 Å². The van der Waals surface area contributed by atoms with E-state index in [9.17, 15) is 0 Å². The zero-order valence-electron chi connectivity index (χ0n) is 29.9. The van der Waals surface area contributed by atoms with Crippen LogP contribution in [-0.4, -0.2) is 50.4 Å². The van der Waals surface area contributed by atoms with Gasteiger partial charge in [-0.25, -0.2) is 0 Å². The molecule has 0 aromatic heterocycles. The van der Waals surface area contributed by atoms with E-state index in [2.05, 4.69) is 163 Å². The molecule has 0 unspecified atom stereocenters. The Hall–Kier alpha value is -3.24. The summed E-state index contributed by atoms with van der Waals surface area (Å²) >= 11 is 0. The first-order chi connectivity index (χ1) is 20.0. The molecule has 0 amide bonds. The third-order valence-electron chi connectivity index (χ3n) is 10.1. The van der Waals surface area contributed by atoms with Crippen molar-refractivity contribution in [1.29, 1.82) is 0 Å². The number of benzene rings is 3. The van der Waals surface area contributed by atoms with Crippen LogP contribution in [0.1, 0.15) is 61.1 Å². The van der Waals surface area contributed by atoms with Crippen LogP contribution in [0.15, 0.2) is 58.7 Å². The van der Waals surface area contributed by atoms with Gasteiger partial charge in [0, 0.05) is 64.9 Å². The van der Waals surface area contributed by atoms with Gasteiger partial charge in [-0.2, -0.15) is 0 Å². The molecule has 4 rings (SSSR count). The minimum atomic E-state index is -2.97. The first kappa shape index (κ1) is 32.7. The Morgan fingerprint density at radius 1 is 0.419 bits per heavy atom. The minimum Gasteiger partial charge on any atom is -0.378 e. The van der Waals surface area contributed by atoms with E-state index in [4.69, 9.17) is 0 Å². The second kappa shape index (κ2) is 11.7. The molecule has 3 aromatic carbocycles. The molecule has 43 heavy (non-hydrogen) atoms. The van der Waals surface area contributed by atoms with Gasteiger partial charge in [-0.15, -0.1) is 0 Å². The molecule has 3 aromatic rings. The quantitative estimate of drug-likeness (QED) is 0.211. The monoisotopic (exact) mass is 593 g/mol. The third kappa shape index (κ3) is 5.16. The number of rotatable bonds is 7. The van der Waals surface area contributed by atoms with Gasteiger partial charge in [0.1, 0.15) is 0 Å². The average Bonchev–Trinajstić information content (AvgIpc) is 3.08. The maximum atomic E-state index is 2.44. The van der Waals surface area contributed by atoms with Crippen molar-refractivity contribution in [1.82, 2.24) is 0 Å². The molecule has 0 spiro atoms. The summed E-state index contributed by atoms with van der Waals surface area (Å²) in [4.78, 5) is 7.13. The molecular weight excluding hydrogens is 539 g/mol. The second-order valence-corrected chi connectivity index (χ2v) is 17.7. The van der Waals surface area contributed by atoms with Gasteiger partial charge in [-0.3, -0.25) is 0 Å². The topological polar surface area (TPSA) is 9.72 Å². The van der Waals surface area contributed by atoms with E-state index >= 15 is 0 Å². The number of anilines is 3. The molecule has 1 aliphatic rings. The highest BCUT2D eigenvalue weighted by Crippen LogP contribution is 2.49. The summed E-state index contributed by atoms with van der Waals surface area (Å²) in [6.07, 6.45) is 0. The zero-order valence-corrected chi connectivity index (χ0v) is 30.9. The van der Waals surface area contributed by atoms with Gasteiger partial charge < -0.3 is 14.7 Å². The summed E-state index contributed by atoms with van der Waals surface area (Å²) in [5, 5.41) is 4.62. The lowest BCUT2D eigenvalue weighted by atomic mass is 10.1.